The van der Waals surface area contributed by atoms with E-state index in [2.05, 4.69) is 4.98 Å². The van der Waals surface area contributed by atoms with Gasteiger partial charge < -0.3 is 24.0 Å². The lowest BCUT2D eigenvalue weighted by molar-refractivity contribution is -0.139. The number of rotatable bonds is 7. The van der Waals surface area contributed by atoms with Crippen molar-refractivity contribution in [2.45, 2.75) is 38.5 Å². The van der Waals surface area contributed by atoms with Crippen molar-refractivity contribution >= 4 is 17.4 Å². The number of hydrogen-bond donors (Lipinski definition) is 1. The zero-order valence-electron chi connectivity index (χ0n) is 19.7. The molecule has 1 aromatic heterocycles. The number of likely N-dealkylation sites (tertiary alicyclic amines) is 1. The number of fused-ring (bicyclic) bond motifs is 1. The van der Waals surface area contributed by atoms with E-state index < -0.39 is 17.7 Å². The number of nitrogens with zero attached hydrogens (tertiary/aromatic N) is 3. The molecule has 0 bridgehead atoms. The van der Waals surface area contributed by atoms with Crippen LogP contribution in [-0.2, 0) is 22.6 Å². The summed E-state index contributed by atoms with van der Waals surface area (Å²) in [6, 6.07) is 11.9. The van der Waals surface area contributed by atoms with Crippen LogP contribution in [0.1, 0.15) is 36.1 Å². The Hall–Kier alpha value is -4.07. The summed E-state index contributed by atoms with van der Waals surface area (Å²) in [7, 11) is 1.56. The highest BCUT2D eigenvalue weighted by atomic mass is 16.5. The van der Waals surface area contributed by atoms with E-state index in [9.17, 15) is 14.7 Å². The molecule has 8 heteroatoms. The van der Waals surface area contributed by atoms with Crippen LogP contribution in [0.2, 0.25) is 0 Å². The van der Waals surface area contributed by atoms with Crippen molar-refractivity contribution in [3.05, 3.63) is 83.4 Å². The maximum Gasteiger partial charge on any atom is 0.295 e. The van der Waals surface area contributed by atoms with Gasteiger partial charge in [0.15, 0.2) is 0 Å². The highest BCUT2D eigenvalue weighted by Gasteiger charge is 2.46. The number of carbonyl (C=O) groups excluding carboxylic acids is 2. The van der Waals surface area contributed by atoms with Crippen LogP contribution in [0.15, 0.2) is 66.8 Å². The van der Waals surface area contributed by atoms with Gasteiger partial charge in [-0.1, -0.05) is 12.1 Å². The first kappa shape index (κ1) is 22.7. The Kier molecular flexibility index (Phi) is 6.03. The van der Waals surface area contributed by atoms with E-state index in [1.807, 2.05) is 35.9 Å². The number of aliphatic hydroxyl groups is 1. The van der Waals surface area contributed by atoms with Gasteiger partial charge >= 0.3 is 0 Å². The minimum absolute atomic E-state index is 0.0558. The minimum Gasteiger partial charge on any atom is -0.507 e. The molecule has 8 nitrogen and oxygen atoms in total. The second kappa shape index (κ2) is 9.29. The second-order valence-corrected chi connectivity index (χ2v) is 8.88. The lowest BCUT2D eigenvalue weighted by atomic mass is 9.94. The molecule has 0 saturated carbocycles. The molecule has 1 amide bonds. The first-order chi connectivity index (χ1) is 17.0. The first-order valence-electron chi connectivity index (χ1n) is 11.6. The molecule has 0 unspecified atom stereocenters. The number of carbonyl (C=O) groups is 2. The predicted octanol–water partition coefficient (Wildman–Crippen LogP) is 3.73. The van der Waals surface area contributed by atoms with Crippen molar-refractivity contribution in [1.29, 1.82) is 0 Å². The van der Waals surface area contributed by atoms with Crippen LogP contribution in [0.3, 0.4) is 0 Å². The zero-order valence-corrected chi connectivity index (χ0v) is 19.7. The number of aromatic nitrogens is 2. The van der Waals surface area contributed by atoms with Gasteiger partial charge in [0.2, 0.25) is 0 Å². The fraction of sp³-hybridized carbons (Fsp3) is 0.296. The normalized spacial score (nSPS) is 20.7. The number of benzene rings is 2. The van der Waals surface area contributed by atoms with Crippen molar-refractivity contribution in [1.82, 2.24) is 14.5 Å². The van der Waals surface area contributed by atoms with Crippen LogP contribution in [0, 0.1) is 0 Å². The highest BCUT2D eigenvalue weighted by Crippen LogP contribution is 2.41. The van der Waals surface area contributed by atoms with Gasteiger partial charge in [0.25, 0.3) is 11.7 Å². The largest absolute Gasteiger partial charge is 0.507 e. The van der Waals surface area contributed by atoms with Gasteiger partial charge in [-0.25, -0.2) is 4.98 Å². The van der Waals surface area contributed by atoms with Gasteiger partial charge in [-0.15, -0.1) is 0 Å². The molecule has 1 saturated heterocycles. The van der Waals surface area contributed by atoms with Crippen LogP contribution >= 0.6 is 0 Å². The molecule has 2 atom stereocenters. The Bertz CT molecular complexity index is 1300. The zero-order chi connectivity index (χ0) is 24.5. The molecule has 3 heterocycles. The van der Waals surface area contributed by atoms with E-state index in [4.69, 9.17) is 9.47 Å². The molecule has 1 fully saturated rings. The van der Waals surface area contributed by atoms with Gasteiger partial charge in [-0.05, 0) is 54.8 Å². The lowest BCUT2D eigenvalue weighted by Crippen LogP contribution is -2.31. The molecule has 0 radical (unpaired) electrons. The third-order valence-corrected chi connectivity index (χ3v) is 6.49. The summed E-state index contributed by atoms with van der Waals surface area (Å²) in [5, 5.41) is 11.4. The van der Waals surface area contributed by atoms with E-state index in [1.54, 1.807) is 43.9 Å². The van der Waals surface area contributed by atoms with Gasteiger partial charge in [-0.3, -0.25) is 9.59 Å². The maximum absolute atomic E-state index is 13.3. The molecule has 35 heavy (non-hydrogen) atoms. The molecular weight excluding hydrogens is 446 g/mol. The molecule has 5 rings (SSSR count). The third kappa shape index (κ3) is 4.27. The Labute approximate surface area is 203 Å². The number of hydrogen-bond acceptors (Lipinski definition) is 6. The second-order valence-electron chi connectivity index (χ2n) is 8.88. The van der Waals surface area contributed by atoms with Crippen molar-refractivity contribution in [3.63, 3.8) is 0 Å². The molecule has 0 spiro atoms. The summed E-state index contributed by atoms with van der Waals surface area (Å²) < 4.78 is 13.1. The summed E-state index contributed by atoms with van der Waals surface area (Å²) in [6.45, 7) is 2.98. The topological polar surface area (TPSA) is 93.9 Å². The minimum atomic E-state index is -0.726. The number of ketones is 1. The lowest BCUT2D eigenvalue weighted by Gasteiger charge is -2.25. The monoisotopic (exact) mass is 473 g/mol. The van der Waals surface area contributed by atoms with Crippen LogP contribution in [0.25, 0.3) is 5.76 Å². The quantitative estimate of drug-likeness (QED) is 0.319. The fourth-order valence-electron chi connectivity index (χ4n) is 4.84. The Morgan fingerprint density at radius 3 is 2.83 bits per heavy atom. The standard InChI is InChI=1S/C27H27N3O5/c1-17-13-20-14-19(7-8-22(20)35-17)25(31)23-24(18-5-3-6-21(15-18)34-2)30(27(33)26(23)32)11-4-10-29-12-9-28-16-29/h3,5-9,12,14-17,24,31H,4,10-11,13H2,1-2H3/b25-23+/t17-,24+/m0/s1. The summed E-state index contributed by atoms with van der Waals surface area (Å²) in [6.07, 6.45) is 6.67. The number of Topliss-reactive ketones (excluding diaryl/α,β-unsaturated/α-hetero) is 1. The number of ether oxygens (including phenoxy) is 2. The Morgan fingerprint density at radius 1 is 1.20 bits per heavy atom. The van der Waals surface area contributed by atoms with E-state index in [1.165, 1.54) is 4.90 Å². The summed E-state index contributed by atoms with van der Waals surface area (Å²) in [5.74, 6) is -0.115. The van der Waals surface area contributed by atoms with Crippen LogP contribution in [0.4, 0.5) is 0 Å². The summed E-state index contributed by atoms with van der Waals surface area (Å²) in [4.78, 5) is 32.0. The van der Waals surface area contributed by atoms with Gasteiger partial charge in [0.05, 0.1) is 25.1 Å². The molecule has 2 aliphatic heterocycles. The van der Waals surface area contributed by atoms with E-state index in [-0.39, 0.29) is 17.4 Å². The number of methoxy groups -OCH3 is 1. The molecule has 0 aliphatic carbocycles. The van der Waals surface area contributed by atoms with E-state index in [0.29, 0.717) is 36.4 Å². The van der Waals surface area contributed by atoms with Crippen LogP contribution in [0.5, 0.6) is 11.5 Å². The molecule has 2 aromatic carbocycles. The number of aliphatic hydroxyl groups excluding tert-OH is 1. The highest BCUT2D eigenvalue weighted by molar-refractivity contribution is 6.46. The Balaban J connectivity index is 1.54. The number of aryl methyl sites for hydroxylation is 1. The Morgan fingerprint density at radius 2 is 2.06 bits per heavy atom. The average Bonchev–Trinajstić information content (AvgIpc) is 3.57. The number of amides is 1. The van der Waals surface area contributed by atoms with Crippen molar-refractivity contribution in [2.24, 2.45) is 0 Å². The predicted molar refractivity (Wildman–Crippen MR) is 129 cm³/mol. The van der Waals surface area contributed by atoms with E-state index >= 15 is 0 Å². The van der Waals surface area contributed by atoms with Gasteiger partial charge in [-0.2, -0.15) is 0 Å². The van der Waals surface area contributed by atoms with Gasteiger partial charge in [0, 0.05) is 37.5 Å². The molecule has 180 valence electrons. The maximum atomic E-state index is 13.3. The smallest absolute Gasteiger partial charge is 0.295 e. The number of imidazole rings is 1. The SMILES string of the molecule is COc1cccc([C@@H]2/C(=C(\O)c3ccc4c(c3)C[C@H](C)O4)C(=O)C(=O)N2CCCn2ccnc2)c1. The summed E-state index contributed by atoms with van der Waals surface area (Å²) >= 11 is 0. The van der Waals surface area contributed by atoms with Crippen LogP contribution < -0.4 is 9.47 Å². The molecular formula is C27H27N3O5. The molecule has 3 aromatic rings. The van der Waals surface area contributed by atoms with Crippen molar-refractivity contribution in [2.75, 3.05) is 13.7 Å². The van der Waals surface area contributed by atoms with Crippen molar-refractivity contribution in [3.8, 4) is 11.5 Å². The fourth-order valence-corrected chi connectivity index (χ4v) is 4.84. The van der Waals surface area contributed by atoms with E-state index in [0.717, 1.165) is 17.7 Å². The van der Waals surface area contributed by atoms with Gasteiger partial charge in [0.1, 0.15) is 23.4 Å². The third-order valence-electron chi connectivity index (χ3n) is 6.49. The first-order valence-corrected chi connectivity index (χ1v) is 11.6. The summed E-state index contributed by atoms with van der Waals surface area (Å²) in [5.41, 5.74) is 2.24. The molecule has 1 N–H and O–H groups in total. The van der Waals surface area contributed by atoms with Crippen molar-refractivity contribution < 1.29 is 24.2 Å². The molecule has 2 aliphatic rings. The van der Waals surface area contributed by atoms with Crippen LogP contribution in [-0.4, -0.2) is 51.0 Å². The average molecular weight is 474 g/mol.